The number of furan rings is 1. The van der Waals surface area contributed by atoms with Crippen molar-refractivity contribution in [3.63, 3.8) is 0 Å². The maximum atomic E-state index is 12.4. The number of nitrogens with two attached hydrogens (primary N) is 1. The normalized spacial score (nSPS) is 11.7. The highest BCUT2D eigenvalue weighted by Crippen LogP contribution is 2.23. The molecule has 4 N–H and O–H groups in total. The number of fused-ring (bicyclic) bond motifs is 1. The summed E-state index contributed by atoms with van der Waals surface area (Å²) in [6.45, 7) is 4.35. The number of imidazole rings is 1. The molecule has 25 heavy (non-hydrogen) atoms. The zero-order valence-corrected chi connectivity index (χ0v) is 15.6. The highest BCUT2D eigenvalue weighted by Gasteiger charge is 2.23. The largest absolute Gasteiger partial charge is 0.467 e. The third kappa shape index (κ3) is 4.54. The Hall–Kier alpha value is -2.02. The Morgan fingerprint density at radius 2 is 2.04 bits per heavy atom. The highest BCUT2D eigenvalue weighted by atomic mass is 35.5. The van der Waals surface area contributed by atoms with Gasteiger partial charge in [0.1, 0.15) is 17.8 Å². The lowest BCUT2D eigenvalue weighted by molar-refractivity contribution is 0.0922. The lowest BCUT2D eigenvalue weighted by Gasteiger charge is -2.19. The monoisotopic (exact) mass is 384 g/mol. The Kier molecular flexibility index (Phi) is 7.48. The molecule has 8 heteroatoms. The third-order valence-electron chi connectivity index (χ3n) is 3.77. The Morgan fingerprint density at radius 3 is 2.64 bits per heavy atom. The molecule has 0 spiro atoms. The molecule has 0 fully saturated rings. The van der Waals surface area contributed by atoms with Crippen molar-refractivity contribution < 1.29 is 9.21 Å². The minimum atomic E-state index is -0.217. The van der Waals surface area contributed by atoms with Crippen LogP contribution in [-0.2, 0) is 6.54 Å². The van der Waals surface area contributed by atoms with E-state index in [9.17, 15) is 4.79 Å². The van der Waals surface area contributed by atoms with E-state index in [0.29, 0.717) is 11.3 Å². The van der Waals surface area contributed by atoms with E-state index >= 15 is 0 Å². The second-order valence-corrected chi connectivity index (χ2v) is 5.84. The fourth-order valence-electron chi connectivity index (χ4n) is 2.50. The van der Waals surface area contributed by atoms with Crippen molar-refractivity contribution in [1.82, 2.24) is 15.3 Å². The van der Waals surface area contributed by atoms with E-state index in [1.54, 1.807) is 6.07 Å². The van der Waals surface area contributed by atoms with Crippen LogP contribution in [-0.4, -0.2) is 15.9 Å². The van der Waals surface area contributed by atoms with E-state index in [-0.39, 0.29) is 49.2 Å². The van der Waals surface area contributed by atoms with Gasteiger partial charge in [-0.05, 0) is 24.1 Å². The first-order valence-electron chi connectivity index (χ1n) is 7.61. The summed E-state index contributed by atoms with van der Waals surface area (Å²) >= 11 is 0. The van der Waals surface area contributed by atoms with Crippen molar-refractivity contribution in [1.29, 1.82) is 0 Å². The zero-order valence-electron chi connectivity index (χ0n) is 14.0. The molecule has 3 aromatic rings. The molecule has 0 aliphatic heterocycles. The number of para-hydroxylation sites is 2. The Morgan fingerprint density at radius 1 is 1.32 bits per heavy atom. The molecule has 2 aromatic heterocycles. The van der Waals surface area contributed by atoms with E-state index in [4.69, 9.17) is 10.2 Å². The van der Waals surface area contributed by atoms with Crippen LogP contribution in [0.5, 0.6) is 0 Å². The molecule has 6 nitrogen and oxygen atoms in total. The number of carbonyl (C=O) groups excluding carboxylic acids is 1. The van der Waals surface area contributed by atoms with Crippen molar-refractivity contribution in [2.75, 3.05) is 0 Å². The van der Waals surface area contributed by atoms with E-state index in [2.05, 4.69) is 15.3 Å². The molecule has 0 radical (unpaired) electrons. The first-order chi connectivity index (χ1) is 11.1. The first-order valence-corrected chi connectivity index (χ1v) is 7.61. The van der Waals surface area contributed by atoms with Crippen LogP contribution in [0.3, 0.4) is 0 Å². The number of carbonyl (C=O) groups is 1. The number of aromatic nitrogens is 2. The first kappa shape index (κ1) is 21.0. The van der Waals surface area contributed by atoms with E-state index in [0.717, 1.165) is 16.9 Å². The molecule has 2 heterocycles. The Bertz CT molecular complexity index is 796. The van der Waals surface area contributed by atoms with Gasteiger partial charge in [0, 0.05) is 0 Å². The topological polar surface area (TPSA) is 96.9 Å². The number of benzene rings is 1. The number of nitrogens with zero attached hydrogens (tertiary/aromatic N) is 1. The minimum Gasteiger partial charge on any atom is -0.467 e. The smallest absolute Gasteiger partial charge is 0.255 e. The van der Waals surface area contributed by atoms with Gasteiger partial charge in [0.25, 0.3) is 5.91 Å². The fraction of sp³-hybridized carbons (Fsp3) is 0.294. The molecule has 0 bridgehead atoms. The molecule has 1 amide bonds. The van der Waals surface area contributed by atoms with Crippen molar-refractivity contribution in [3.05, 3.63) is 53.7 Å². The third-order valence-corrected chi connectivity index (χ3v) is 3.77. The number of aromatic amines is 1. The molecule has 0 aliphatic rings. The quantitative estimate of drug-likeness (QED) is 0.625. The van der Waals surface area contributed by atoms with Crippen LogP contribution >= 0.6 is 24.8 Å². The summed E-state index contributed by atoms with van der Waals surface area (Å²) in [4.78, 5) is 20.3. The van der Waals surface area contributed by atoms with Crippen molar-refractivity contribution in [2.24, 2.45) is 11.7 Å². The van der Waals surface area contributed by atoms with Crippen LogP contribution in [0.4, 0.5) is 0 Å². The molecule has 1 atom stereocenters. The molecule has 1 unspecified atom stereocenters. The predicted octanol–water partition coefficient (Wildman–Crippen LogP) is 3.59. The van der Waals surface area contributed by atoms with Gasteiger partial charge in [0.05, 0.1) is 29.2 Å². The summed E-state index contributed by atoms with van der Waals surface area (Å²) in [5.41, 5.74) is 7.81. The molecular weight excluding hydrogens is 363 g/mol. The minimum absolute atomic E-state index is 0. The molecule has 0 saturated heterocycles. The number of nitrogens with one attached hydrogen (secondary N) is 2. The van der Waals surface area contributed by atoms with Gasteiger partial charge in [0.2, 0.25) is 0 Å². The summed E-state index contributed by atoms with van der Waals surface area (Å²) in [7, 11) is 0. The van der Waals surface area contributed by atoms with E-state index in [1.165, 1.54) is 6.26 Å². The predicted molar refractivity (Wildman–Crippen MR) is 102 cm³/mol. The summed E-state index contributed by atoms with van der Waals surface area (Å²) < 4.78 is 5.22. The fourth-order valence-corrected chi connectivity index (χ4v) is 2.50. The number of halogens is 2. The Balaban J connectivity index is 0.00000156. The van der Waals surface area contributed by atoms with Crippen LogP contribution in [0.1, 0.15) is 41.8 Å². The average molecular weight is 385 g/mol. The maximum Gasteiger partial charge on any atom is 0.255 e. The van der Waals surface area contributed by atoms with E-state index < -0.39 is 0 Å². The number of H-pyrrole nitrogens is 1. The lowest BCUT2D eigenvalue weighted by Crippen LogP contribution is -2.32. The van der Waals surface area contributed by atoms with Gasteiger partial charge in [-0.3, -0.25) is 4.79 Å². The van der Waals surface area contributed by atoms with Gasteiger partial charge < -0.3 is 20.5 Å². The van der Waals surface area contributed by atoms with E-state index in [1.807, 2.05) is 38.1 Å². The maximum absolute atomic E-state index is 12.4. The summed E-state index contributed by atoms with van der Waals surface area (Å²) in [5, 5.41) is 3.01. The van der Waals surface area contributed by atoms with Crippen LogP contribution in [0, 0.1) is 5.92 Å². The molecular formula is C17H22Cl2N4O2. The molecule has 136 valence electrons. The standard InChI is InChI=1S/C17H20N4O2.2ClH/c1-10(2)15(16-19-13-5-3-4-6-14(13)20-16)21-17(22)11-7-12(8-18)23-9-11;;/h3-7,9-10,15H,8,18H2,1-2H3,(H,19,20)(H,21,22);2*1H. The van der Waals surface area contributed by atoms with Crippen molar-refractivity contribution in [2.45, 2.75) is 26.4 Å². The van der Waals surface area contributed by atoms with Crippen LogP contribution in [0.15, 0.2) is 41.0 Å². The molecule has 0 saturated carbocycles. The second kappa shape index (κ2) is 8.89. The second-order valence-electron chi connectivity index (χ2n) is 5.84. The number of amides is 1. The SMILES string of the molecule is CC(C)C(NC(=O)c1coc(CN)c1)c1nc2ccccc2[nH]1.Cl.Cl. The van der Waals surface area contributed by atoms with Crippen molar-refractivity contribution >= 4 is 41.8 Å². The van der Waals surface area contributed by atoms with Gasteiger partial charge in [-0.25, -0.2) is 4.98 Å². The van der Waals surface area contributed by atoms with Crippen LogP contribution in [0.2, 0.25) is 0 Å². The van der Waals surface area contributed by atoms with Crippen LogP contribution in [0.25, 0.3) is 11.0 Å². The number of hydrogen-bond acceptors (Lipinski definition) is 4. The van der Waals surface area contributed by atoms with Gasteiger partial charge in [-0.1, -0.05) is 26.0 Å². The van der Waals surface area contributed by atoms with Gasteiger partial charge in [-0.15, -0.1) is 24.8 Å². The van der Waals surface area contributed by atoms with Crippen LogP contribution < -0.4 is 11.1 Å². The molecule has 3 rings (SSSR count). The summed E-state index contributed by atoms with van der Waals surface area (Å²) in [5.74, 6) is 1.31. The number of hydrogen-bond donors (Lipinski definition) is 3. The van der Waals surface area contributed by atoms with Gasteiger partial charge in [-0.2, -0.15) is 0 Å². The molecule has 1 aromatic carbocycles. The zero-order chi connectivity index (χ0) is 16.4. The Labute approximate surface area is 158 Å². The average Bonchev–Trinajstić information content (AvgIpc) is 3.18. The lowest BCUT2D eigenvalue weighted by atomic mass is 10.0. The van der Waals surface area contributed by atoms with Crippen molar-refractivity contribution in [3.8, 4) is 0 Å². The summed E-state index contributed by atoms with van der Waals surface area (Å²) in [6.07, 6.45) is 1.42. The summed E-state index contributed by atoms with van der Waals surface area (Å²) in [6, 6.07) is 9.24. The number of rotatable bonds is 5. The molecule has 0 aliphatic carbocycles. The highest BCUT2D eigenvalue weighted by molar-refractivity contribution is 5.94. The van der Waals surface area contributed by atoms with Gasteiger partial charge >= 0.3 is 0 Å². The van der Waals surface area contributed by atoms with Gasteiger partial charge in [0.15, 0.2) is 0 Å².